The van der Waals surface area contributed by atoms with Crippen molar-refractivity contribution < 1.29 is 9.53 Å². The molecule has 0 aliphatic carbocycles. The molecule has 0 bridgehead atoms. The van der Waals surface area contributed by atoms with E-state index in [4.69, 9.17) is 4.74 Å². The van der Waals surface area contributed by atoms with Gasteiger partial charge in [0.2, 0.25) is 5.95 Å². The van der Waals surface area contributed by atoms with Crippen molar-refractivity contribution in [1.29, 1.82) is 0 Å². The minimum Gasteiger partial charge on any atom is -0.488 e. The van der Waals surface area contributed by atoms with Crippen LogP contribution in [0.15, 0.2) is 71.5 Å². The number of halogens is 1. The standard InChI is InChI=1S/C23H23BrN4O2/c24-18-13-25-23(26-14-18)27-15-19-9-6-12-28(19)22(29)20-10-4-5-11-21(20)30-16-17-7-2-1-3-8-17/h1-5,7-8,10-11,13-14,19H,6,9,12,15-16H2,(H,25,26,27)/t19-/m0/s1. The van der Waals surface area contributed by atoms with Crippen LogP contribution in [-0.2, 0) is 6.61 Å². The predicted octanol–water partition coefficient (Wildman–Crippen LogP) is 4.53. The smallest absolute Gasteiger partial charge is 0.257 e. The molecule has 1 saturated heterocycles. The number of carbonyl (C=O) groups is 1. The van der Waals surface area contributed by atoms with Gasteiger partial charge in [0.25, 0.3) is 5.91 Å². The molecule has 2 heterocycles. The fourth-order valence-electron chi connectivity index (χ4n) is 3.59. The zero-order valence-electron chi connectivity index (χ0n) is 16.5. The lowest BCUT2D eigenvalue weighted by Crippen LogP contribution is -2.39. The highest BCUT2D eigenvalue weighted by Gasteiger charge is 2.30. The number of amides is 1. The van der Waals surface area contributed by atoms with Gasteiger partial charge in [0.15, 0.2) is 0 Å². The Labute approximate surface area is 184 Å². The summed E-state index contributed by atoms with van der Waals surface area (Å²) in [6, 6.07) is 17.5. The molecule has 30 heavy (non-hydrogen) atoms. The van der Waals surface area contributed by atoms with E-state index >= 15 is 0 Å². The van der Waals surface area contributed by atoms with E-state index in [1.54, 1.807) is 12.4 Å². The average Bonchev–Trinajstić information content (AvgIpc) is 3.26. The molecule has 1 amide bonds. The van der Waals surface area contributed by atoms with Crippen molar-refractivity contribution in [3.8, 4) is 5.75 Å². The number of rotatable bonds is 7. The minimum atomic E-state index is -0.000291. The quantitative estimate of drug-likeness (QED) is 0.553. The number of aromatic nitrogens is 2. The summed E-state index contributed by atoms with van der Waals surface area (Å²) in [6.45, 7) is 1.77. The number of hydrogen-bond acceptors (Lipinski definition) is 5. The molecule has 0 saturated carbocycles. The van der Waals surface area contributed by atoms with Gasteiger partial charge in [-0.1, -0.05) is 42.5 Å². The van der Waals surface area contributed by atoms with Gasteiger partial charge in [0, 0.05) is 31.5 Å². The van der Waals surface area contributed by atoms with Crippen LogP contribution in [0.5, 0.6) is 5.75 Å². The van der Waals surface area contributed by atoms with Crippen LogP contribution in [0.2, 0.25) is 0 Å². The van der Waals surface area contributed by atoms with Crippen LogP contribution in [0.3, 0.4) is 0 Å². The van der Waals surface area contributed by atoms with E-state index in [1.165, 1.54) is 0 Å². The van der Waals surface area contributed by atoms with Gasteiger partial charge in [-0.2, -0.15) is 0 Å². The van der Waals surface area contributed by atoms with Gasteiger partial charge in [0.1, 0.15) is 12.4 Å². The number of carbonyl (C=O) groups excluding carboxylic acids is 1. The monoisotopic (exact) mass is 466 g/mol. The maximum absolute atomic E-state index is 13.3. The Kier molecular flexibility index (Phi) is 6.59. The molecule has 0 radical (unpaired) electrons. The Bertz CT molecular complexity index is 982. The van der Waals surface area contributed by atoms with Crippen molar-refractivity contribution in [2.75, 3.05) is 18.4 Å². The lowest BCUT2D eigenvalue weighted by Gasteiger charge is -2.26. The van der Waals surface area contributed by atoms with Crippen LogP contribution in [0.25, 0.3) is 0 Å². The van der Waals surface area contributed by atoms with E-state index in [9.17, 15) is 4.79 Å². The molecule has 0 spiro atoms. The van der Waals surface area contributed by atoms with Crippen LogP contribution in [0, 0.1) is 0 Å². The van der Waals surface area contributed by atoms with Crippen molar-refractivity contribution >= 4 is 27.8 Å². The molecule has 1 N–H and O–H groups in total. The van der Waals surface area contributed by atoms with Crippen LogP contribution in [0.4, 0.5) is 5.95 Å². The number of anilines is 1. The molecule has 1 atom stereocenters. The second-order valence-electron chi connectivity index (χ2n) is 7.17. The van der Waals surface area contributed by atoms with Gasteiger partial charge in [-0.05, 0) is 46.5 Å². The Hall–Kier alpha value is -2.93. The van der Waals surface area contributed by atoms with Crippen LogP contribution >= 0.6 is 15.9 Å². The van der Waals surface area contributed by atoms with E-state index in [0.29, 0.717) is 30.4 Å². The first kappa shape index (κ1) is 20.3. The molecule has 0 unspecified atom stereocenters. The maximum atomic E-state index is 13.3. The van der Waals surface area contributed by atoms with Crippen molar-refractivity contribution in [3.05, 3.63) is 82.6 Å². The zero-order chi connectivity index (χ0) is 20.8. The van der Waals surface area contributed by atoms with Gasteiger partial charge < -0.3 is 15.0 Å². The molecule has 2 aromatic carbocycles. The topological polar surface area (TPSA) is 67.3 Å². The van der Waals surface area contributed by atoms with E-state index in [2.05, 4.69) is 31.2 Å². The fourth-order valence-corrected chi connectivity index (χ4v) is 3.79. The molecule has 1 aromatic heterocycles. The van der Waals surface area contributed by atoms with Crippen molar-refractivity contribution in [3.63, 3.8) is 0 Å². The van der Waals surface area contributed by atoms with E-state index < -0.39 is 0 Å². The normalized spacial score (nSPS) is 15.8. The van der Waals surface area contributed by atoms with Crippen LogP contribution in [-0.4, -0.2) is 39.9 Å². The average molecular weight is 467 g/mol. The summed E-state index contributed by atoms with van der Waals surface area (Å²) in [5.41, 5.74) is 1.66. The number of hydrogen-bond donors (Lipinski definition) is 1. The highest BCUT2D eigenvalue weighted by molar-refractivity contribution is 9.10. The summed E-state index contributed by atoms with van der Waals surface area (Å²) >= 11 is 3.33. The molecule has 6 nitrogen and oxygen atoms in total. The summed E-state index contributed by atoms with van der Waals surface area (Å²) in [4.78, 5) is 23.7. The van der Waals surface area contributed by atoms with Crippen molar-refractivity contribution in [1.82, 2.24) is 14.9 Å². The molecule has 154 valence electrons. The van der Waals surface area contributed by atoms with Gasteiger partial charge in [0.05, 0.1) is 10.0 Å². The number of benzene rings is 2. The molecule has 4 rings (SSSR count). The summed E-state index contributed by atoms with van der Waals surface area (Å²) in [5.74, 6) is 1.17. The highest BCUT2D eigenvalue weighted by Crippen LogP contribution is 2.26. The Morgan fingerprint density at radius 1 is 1.10 bits per heavy atom. The Morgan fingerprint density at radius 2 is 1.83 bits per heavy atom. The fraction of sp³-hybridized carbons (Fsp3) is 0.261. The van der Waals surface area contributed by atoms with Crippen LogP contribution in [0.1, 0.15) is 28.8 Å². The third-order valence-electron chi connectivity index (χ3n) is 5.11. The Morgan fingerprint density at radius 3 is 2.63 bits per heavy atom. The number of nitrogens with zero attached hydrogens (tertiary/aromatic N) is 3. The van der Waals surface area contributed by atoms with Gasteiger partial charge in [-0.3, -0.25) is 4.79 Å². The number of ether oxygens (including phenoxy) is 1. The van der Waals surface area contributed by atoms with Crippen molar-refractivity contribution in [2.45, 2.75) is 25.5 Å². The maximum Gasteiger partial charge on any atom is 0.257 e. The van der Waals surface area contributed by atoms with Gasteiger partial charge in [-0.15, -0.1) is 0 Å². The minimum absolute atomic E-state index is 0.000291. The first-order valence-electron chi connectivity index (χ1n) is 9.99. The second-order valence-corrected chi connectivity index (χ2v) is 8.09. The molecule has 7 heteroatoms. The lowest BCUT2D eigenvalue weighted by atomic mass is 10.1. The largest absolute Gasteiger partial charge is 0.488 e. The molecular formula is C23H23BrN4O2. The van der Waals surface area contributed by atoms with E-state index in [-0.39, 0.29) is 11.9 Å². The van der Waals surface area contributed by atoms with Gasteiger partial charge in [-0.25, -0.2) is 9.97 Å². The number of nitrogens with one attached hydrogen (secondary N) is 1. The third kappa shape index (κ3) is 4.97. The van der Waals surface area contributed by atoms with Crippen molar-refractivity contribution in [2.24, 2.45) is 0 Å². The highest BCUT2D eigenvalue weighted by atomic mass is 79.9. The number of likely N-dealkylation sites (tertiary alicyclic amines) is 1. The van der Waals surface area contributed by atoms with E-state index in [1.807, 2.05) is 59.5 Å². The summed E-state index contributed by atoms with van der Waals surface area (Å²) in [5, 5.41) is 3.24. The molecule has 3 aromatic rings. The first-order valence-corrected chi connectivity index (χ1v) is 10.8. The first-order chi connectivity index (χ1) is 14.7. The summed E-state index contributed by atoms with van der Waals surface area (Å²) in [6.07, 6.45) is 5.33. The lowest BCUT2D eigenvalue weighted by molar-refractivity contribution is 0.0738. The zero-order valence-corrected chi connectivity index (χ0v) is 18.1. The second kappa shape index (κ2) is 9.71. The SMILES string of the molecule is O=C(c1ccccc1OCc1ccccc1)N1CCC[C@H]1CNc1ncc(Br)cn1. The Balaban J connectivity index is 1.43. The molecule has 1 fully saturated rings. The molecule has 1 aliphatic rings. The van der Waals surface area contributed by atoms with Gasteiger partial charge >= 0.3 is 0 Å². The van der Waals surface area contributed by atoms with E-state index in [0.717, 1.165) is 29.4 Å². The summed E-state index contributed by atoms with van der Waals surface area (Å²) < 4.78 is 6.82. The third-order valence-corrected chi connectivity index (χ3v) is 5.52. The molecular weight excluding hydrogens is 444 g/mol. The van der Waals surface area contributed by atoms with Crippen LogP contribution < -0.4 is 10.1 Å². The molecule has 1 aliphatic heterocycles. The summed E-state index contributed by atoms with van der Waals surface area (Å²) in [7, 11) is 0. The predicted molar refractivity (Wildman–Crippen MR) is 119 cm³/mol. The number of para-hydroxylation sites is 1.